The molecule has 1 aliphatic carbocycles. The van der Waals surface area contributed by atoms with Gasteiger partial charge in [0.25, 0.3) is 5.56 Å². The number of aromatic amines is 1. The summed E-state index contributed by atoms with van der Waals surface area (Å²) in [6, 6.07) is 13.8. The zero-order valence-corrected chi connectivity index (χ0v) is 14.1. The van der Waals surface area contributed by atoms with Gasteiger partial charge in [0.1, 0.15) is 5.75 Å². The monoisotopic (exact) mass is 333 g/mol. The van der Waals surface area contributed by atoms with Crippen LogP contribution < -0.4 is 15.2 Å². The number of ether oxygens (including phenoxy) is 1. The van der Waals surface area contributed by atoms with Crippen molar-refractivity contribution in [1.82, 2.24) is 9.97 Å². The lowest BCUT2D eigenvalue weighted by Gasteiger charge is -2.35. The smallest absolute Gasteiger partial charge is 0.260 e. The fourth-order valence-electron chi connectivity index (χ4n) is 3.98. The van der Waals surface area contributed by atoms with Crippen molar-refractivity contribution in [3.8, 4) is 5.75 Å². The van der Waals surface area contributed by atoms with Gasteiger partial charge in [0.2, 0.25) is 5.95 Å². The summed E-state index contributed by atoms with van der Waals surface area (Å²) in [5.41, 5.74) is 3.52. The molecule has 0 bridgehead atoms. The Morgan fingerprint density at radius 2 is 2.04 bits per heavy atom. The van der Waals surface area contributed by atoms with Gasteiger partial charge in [0.05, 0.1) is 18.0 Å². The summed E-state index contributed by atoms with van der Waals surface area (Å²) in [4.78, 5) is 22.3. The molecule has 1 spiro atoms. The number of nitrogens with one attached hydrogen (secondary N) is 1. The number of hydrogen-bond donors (Lipinski definition) is 1. The lowest BCUT2D eigenvalue weighted by molar-refractivity contribution is 0.412. The first-order valence-corrected chi connectivity index (χ1v) is 8.60. The van der Waals surface area contributed by atoms with Gasteiger partial charge in [0.15, 0.2) is 0 Å². The molecule has 0 saturated heterocycles. The third-order valence-corrected chi connectivity index (χ3v) is 5.50. The minimum atomic E-state index is -0.0778. The Balaban J connectivity index is 1.59. The Morgan fingerprint density at radius 1 is 1.20 bits per heavy atom. The van der Waals surface area contributed by atoms with Crippen LogP contribution >= 0.6 is 0 Å². The van der Waals surface area contributed by atoms with Gasteiger partial charge in [-0.3, -0.25) is 9.78 Å². The van der Waals surface area contributed by atoms with Crippen LogP contribution in [0.2, 0.25) is 0 Å². The number of benzene rings is 2. The van der Waals surface area contributed by atoms with E-state index in [2.05, 4.69) is 22.0 Å². The molecule has 0 radical (unpaired) electrons. The molecule has 1 aliphatic heterocycles. The lowest BCUT2D eigenvalue weighted by atomic mass is 9.87. The van der Waals surface area contributed by atoms with E-state index in [4.69, 9.17) is 9.72 Å². The van der Waals surface area contributed by atoms with Crippen LogP contribution in [0.5, 0.6) is 5.75 Å². The van der Waals surface area contributed by atoms with Crippen LogP contribution in [0.25, 0.3) is 10.9 Å². The summed E-state index contributed by atoms with van der Waals surface area (Å²) in [6.07, 6.45) is 2.34. The maximum Gasteiger partial charge on any atom is 0.260 e. The van der Waals surface area contributed by atoms with Crippen molar-refractivity contribution in [2.45, 2.75) is 24.8 Å². The third-order valence-electron chi connectivity index (χ3n) is 5.50. The van der Waals surface area contributed by atoms with Crippen molar-refractivity contribution in [3.05, 3.63) is 63.9 Å². The quantitative estimate of drug-likeness (QED) is 0.783. The Kier molecular flexibility index (Phi) is 2.95. The molecule has 1 saturated carbocycles. The average Bonchev–Trinajstić information content (AvgIpc) is 3.41. The fourth-order valence-corrected chi connectivity index (χ4v) is 3.98. The Hall–Kier alpha value is -2.82. The standard InChI is InChI=1S/C20H19N3O2/c1-25-14-7-6-13-11-23(12-20(8-9-20)16(13)10-14)19-21-17-5-3-2-4-15(17)18(24)22-19/h2-7,10H,8-9,11-12H2,1H3,(H,21,22,24). The Bertz CT molecular complexity index is 1040. The highest BCUT2D eigenvalue weighted by Gasteiger charge is 2.49. The third kappa shape index (κ3) is 2.22. The zero-order chi connectivity index (χ0) is 17.0. The van der Waals surface area contributed by atoms with Gasteiger partial charge in [-0.2, -0.15) is 0 Å². The number of methoxy groups -OCH3 is 1. The molecule has 1 aromatic heterocycles. The van der Waals surface area contributed by atoms with Crippen LogP contribution in [0, 0.1) is 0 Å². The Labute approximate surface area is 145 Å². The number of para-hydroxylation sites is 1. The first-order chi connectivity index (χ1) is 12.2. The molecule has 2 aromatic carbocycles. The average molecular weight is 333 g/mol. The maximum atomic E-state index is 12.4. The Morgan fingerprint density at radius 3 is 2.84 bits per heavy atom. The van der Waals surface area contributed by atoms with Crippen LogP contribution in [-0.4, -0.2) is 23.6 Å². The molecule has 3 aromatic rings. The van der Waals surface area contributed by atoms with Crippen molar-refractivity contribution in [3.63, 3.8) is 0 Å². The van der Waals surface area contributed by atoms with E-state index in [9.17, 15) is 4.79 Å². The second-order valence-corrected chi connectivity index (χ2v) is 7.07. The highest BCUT2D eigenvalue weighted by atomic mass is 16.5. The zero-order valence-electron chi connectivity index (χ0n) is 14.1. The van der Waals surface area contributed by atoms with Crippen LogP contribution in [0.1, 0.15) is 24.0 Å². The van der Waals surface area contributed by atoms with Crippen LogP contribution in [0.4, 0.5) is 5.95 Å². The molecule has 1 fully saturated rings. The molecule has 5 nitrogen and oxygen atoms in total. The van der Waals surface area contributed by atoms with E-state index in [0.717, 1.165) is 24.4 Å². The first-order valence-electron chi connectivity index (χ1n) is 8.60. The van der Waals surface area contributed by atoms with Crippen molar-refractivity contribution in [2.75, 3.05) is 18.6 Å². The van der Waals surface area contributed by atoms with E-state index >= 15 is 0 Å². The number of fused-ring (bicyclic) bond motifs is 3. The van der Waals surface area contributed by atoms with Gasteiger partial charge in [-0.1, -0.05) is 18.2 Å². The predicted molar refractivity (Wildman–Crippen MR) is 97.3 cm³/mol. The van der Waals surface area contributed by atoms with Gasteiger partial charge < -0.3 is 9.64 Å². The van der Waals surface area contributed by atoms with Gasteiger partial charge in [0, 0.05) is 18.5 Å². The van der Waals surface area contributed by atoms with Crippen molar-refractivity contribution in [1.29, 1.82) is 0 Å². The molecule has 2 aliphatic rings. The van der Waals surface area contributed by atoms with Crippen LogP contribution in [0.15, 0.2) is 47.3 Å². The number of H-pyrrole nitrogens is 1. The number of aromatic nitrogens is 2. The molecular formula is C20H19N3O2. The normalized spacial score (nSPS) is 17.6. The summed E-state index contributed by atoms with van der Waals surface area (Å²) in [5.74, 6) is 1.58. The summed E-state index contributed by atoms with van der Waals surface area (Å²) in [7, 11) is 1.71. The van der Waals surface area contributed by atoms with E-state index in [1.807, 2.05) is 30.3 Å². The SMILES string of the molecule is COc1ccc2c(c1)C1(CC1)CN(c1nc3ccccc3c(=O)[nH]1)C2. The minimum Gasteiger partial charge on any atom is -0.497 e. The second kappa shape index (κ2) is 5.09. The second-order valence-electron chi connectivity index (χ2n) is 7.07. The molecule has 0 unspecified atom stereocenters. The molecule has 126 valence electrons. The number of anilines is 1. The first kappa shape index (κ1) is 14.5. The minimum absolute atomic E-state index is 0.0778. The summed E-state index contributed by atoms with van der Waals surface area (Å²) >= 11 is 0. The van der Waals surface area contributed by atoms with E-state index in [1.165, 1.54) is 24.0 Å². The van der Waals surface area contributed by atoms with Gasteiger partial charge in [-0.15, -0.1) is 0 Å². The predicted octanol–water partition coefficient (Wildman–Crippen LogP) is 2.98. The van der Waals surface area contributed by atoms with Crippen LogP contribution in [-0.2, 0) is 12.0 Å². The molecular weight excluding hydrogens is 314 g/mol. The van der Waals surface area contributed by atoms with Crippen molar-refractivity contribution < 1.29 is 4.74 Å². The maximum absolute atomic E-state index is 12.4. The highest BCUT2D eigenvalue weighted by molar-refractivity contribution is 5.78. The van der Waals surface area contributed by atoms with E-state index < -0.39 is 0 Å². The van der Waals surface area contributed by atoms with Crippen molar-refractivity contribution in [2.24, 2.45) is 0 Å². The van der Waals surface area contributed by atoms with Gasteiger partial charge in [-0.25, -0.2) is 4.98 Å². The van der Waals surface area contributed by atoms with E-state index in [1.54, 1.807) is 7.11 Å². The number of rotatable bonds is 2. The largest absolute Gasteiger partial charge is 0.497 e. The molecule has 0 atom stereocenters. The molecule has 5 rings (SSSR count). The summed E-state index contributed by atoms with van der Waals surface area (Å²) in [6.45, 7) is 1.64. The topological polar surface area (TPSA) is 58.2 Å². The molecule has 1 N–H and O–H groups in total. The van der Waals surface area contributed by atoms with Crippen LogP contribution in [0.3, 0.4) is 0 Å². The molecule has 25 heavy (non-hydrogen) atoms. The molecule has 2 heterocycles. The number of nitrogens with zero attached hydrogens (tertiary/aromatic N) is 2. The summed E-state index contributed by atoms with van der Waals surface area (Å²) in [5, 5.41) is 0.634. The van der Waals surface area contributed by atoms with Gasteiger partial charge in [-0.05, 0) is 48.2 Å². The highest BCUT2D eigenvalue weighted by Crippen LogP contribution is 2.53. The van der Waals surface area contributed by atoms with E-state index in [-0.39, 0.29) is 11.0 Å². The fraction of sp³-hybridized carbons (Fsp3) is 0.300. The van der Waals surface area contributed by atoms with Crippen molar-refractivity contribution >= 4 is 16.9 Å². The number of hydrogen-bond acceptors (Lipinski definition) is 4. The summed E-state index contributed by atoms with van der Waals surface area (Å²) < 4.78 is 5.40. The molecule has 0 amide bonds. The van der Waals surface area contributed by atoms with Gasteiger partial charge >= 0.3 is 0 Å². The van der Waals surface area contributed by atoms with E-state index in [0.29, 0.717) is 11.3 Å². The lowest BCUT2D eigenvalue weighted by Crippen LogP contribution is -2.39. The molecule has 5 heteroatoms.